The molecule has 0 amide bonds. The monoisotopic (exact) mass is 459 g/mol. The quantitative estimate of drug-likeness (QED) is 0.439. The standard InChI is InChI=1S/C27H32F3NO2/c1-31-17-22(33-2)16-26(18-31,20-7-4-3-5-8-20)14-6-9-25(32)23-13-12-21(27(28,29)30)15-24(23)19-10-11-19/h3-5,7-8,12-13,15,19,22H,6,9-11,14,16-18H2,1-2H3. The Balaban J connectivity index is 1.51. The lowest BCUT2D eigenvalue weighted by molar-refractivity contribution is -0.137. The number of ketones is 1. The van der Waals surface area contributed by atoms with Crippen LogP contribution in [0.1, 0.15) is 71.5 Å². The molecule has 1 aliphatic carbocycles. The van der Waals surface area contributed by atoms with Crippen molar-refractivity contribution < 1.29 is 22.7 Å². The van der Waals surface area contributed by atoms with E-state index in [2.05, 4.69) is 24.1 Å². The largest absolute Gasteiger partial charge is 0.416 e. The lowest BCUT2D eigenvalue weighted by Crippen LogP contribution is -2.51. The number of halogens is 3. The Labute approximate surface area is 193 Å². The average molecular weight is 460 g/mol. The average Bonchev–Trinajstić information content (AvgIpc) is 3.63. The predicted octanol–water partition coefficient (Wildman–Crippen LogP) is 6.22. The molecule has 1 heterocycles. The van der Waals surface area contributed by atoms with Crippen molar-refractivity contribution in [3.05, 3.63) is 70.8 Å². The van der Waals surface area contributed by atoms with E-state index in [9.17, 15) is 18.0 Å². The van der Waals surface area contributed by atoms with Gasteiger partial charge in [0.25, 0.3) is 0 Å². The number of carbonyl (C=O) groups excluding carboxylic acids is 1. The predicted molar refractivity (Wildman–Crippen MR) is 123 cm³/mol. The third-order valence-electron chi connectivity index (χ3n) is 7.18. The number of Topliss-reactive ketones (excluding diaryl/α,β-unsaturated/α-hetero) is 1. The van der Waals surface area contributed by atoms with Crippen LogP contribution in [0.15, 0.2) is 48.5 Å². The van der Waals surface area contributed by atoms with Gasteiger partial charge in [0.1, 0.15) is 0 Å². The molecule has 0 radical (unpaired) electrons. The Hall–Kier alpha value is -2.18. The van der Waals surface area contributed by atoms with Crippen LogP contribution in [0, 0.1) is 0 Å². The van der Waals surface area contributed by atoms with Gasteiger partial charge < -0.3 is 9.64 Å². The van der Waals surface area contributed by atoms with Crippen LogP contribution in [-0.2, 0) is 16.3 Å². The molecule has 4 rings (SSSR count). The fraction of sp³-hybridized carbons (Fsp3) is 0.519. The lowest BCUT2D eigenvalue weighted by atomic mass is 9.70. The number of ether oxygens (including phenoxy) is 1. The molecule has 1 saturated carbocycles. The molecule has 0 spiro atoms. The summed E-state index contributed by atoms with van der Waals surface area (Å²) in [7, 11) is 3.84. The summed E-state index contributed by atoms with van der Waals surface area (Å²) >= 11 is 0. The molecule has 2 unspecified atom stereocenters. The molecule has 2 aromatic rings. The number of alkyl halides is 3. The smallest absolute Gasteiger partial charge is 0.380 e. The van der Waals surface area contributed by atoms with Gasteiger partial charge in [0, 0.05) is 37.6 Å². The van der Waals surface area contributed by atoms with E-state index in [4.69, 9.17) is 4.74 Å². The van der Waals surface area contributed by atoms with Crippen LogP contribution in [0.4, 0.5) is 13.2 Å². The third kappa shape index (κ3) is 5.49. The highest BCUT2D eigenvalue weighted by Gasteiger charge is 2.40. The number of benzene rings is 2. The molecule has 6 heteroatoms. The number of hydrogen-bond donors (Lipinski definition) is 0. The van der Waals surface area contributed by atoms with Gasteiger partial charge in [-0.25, -0.2) is 0 Å². The highest BCUT2D eigenvalue weighted by Crippen LogP contribution is 2.44. The van der Waals surface area contributed by atoms with Crippen LogP contribution < -0.4 is 0 Å². The molecule has 1 aliphatic heterocycles. The summed E-state index contributed by atoms with van der Waals surface area (Å²) in [6.45, 7) is 1.76. The van der Waals surface area contributed by atoms with Crippen LogP contribution in [0.25, 0.3) is 0 Å². The fourth-order valence-corrected chi connectivity index (χ4v) is 5.43. The Kier molecular flexibility index (Phi) is 6.96. The molecule has 33 heavy (non-hydrogen) atoms. The highest BCUT2D eigenvalue weighted by molar-refractivity contribution is 5.97. The van der Waals surface area contributed by atoms with Crippen LogP contribution in [-0.4, -0.2) is 44.0 Å². The maximum absolute atomic E-state index is 13.2. The van der Waals surface area contributed by atoms with Crippen molar-refractivity contribution in [1.29, 1.82) is 0 Å². The van der Waals surface area contributed by atoms with Crippen LogP contribution in [0.2, 0.25) is 0 Å². The second-order valence-electron chi connectivity index (χ2n) is 9.76. The van der Waals surface area contributed by atoms with Crippen molar-refractivity contribution in [1.82, 2.24) is 4.90 Å². The van der Waals surface area contributed by atoms with E-state index in [0.717, 1.165) is 44.8 Å². The van der Waals surface area contributed by atoms with E-state index in [-0.39, 0.29) is 23.2 Å². The van der Waals surface area contributed by atoms with Crippen LogP contribution >= 0.6 is 0 Å². The van der Waals surface area contributed by atoms with E-state index in [1.54, 1.807) is 7.11 Å². The third-order valence-corrected chi connectivity index (χ3v) is 7.18. The van der Waals surface area contributed by atoms with E-state index >= 15 is 0 Å². The number of likely N-dealkylation sites (N-methyl/N-ethyl adjacent to an activating group) is 1. The van der Waals surface area contributed by atoms with Crippen LogP contribution in [0.3, 0.4) is 0 Å². The van der Waals surface area contributed by atoms with Gasteiger partial charge in [0.15, 0.2) is 5.78 Å². The van der Waals surface area contributed by atoms with Crippen molar-refractivity contribution in [2.75, 3.05) is 27.2 Å². The first kappa shape index (κ1) is 24.0. The van der Waals surface area contributed by atoms with Crippen molar-refractivity contribution >= 4 is 5.78 Å². The summed E-state index contributed by atoms with van der Waals surface area (Å²) < 4.78 is 45.3. The minimum Gasteiger partial charge on any atom is -0.380 e. The molecular formula is C27H32F3NO2. The zero-order chi connectivity index (χ0) is 23.6. The van der Waals surface area contributed by atoms with Crippen molar-refractivity contribution in [3.63, 3.8) is 0 Å². The first-order valence-electron chi connectivity index (χ1n) is 11.7. The molecule has 2 atom stereocenters. The molecule has 0 aromatic heterocycles. The molecule has 1 saturated heterocycles. The Morgan fingerprint density at radius 1 is 1.15 bits per heavy atom. The van der Waals surface area contributed by atoms with E-state index < -0.39 is 11.7 Å². The van der Waals surface area contributed by atoms with Gasteiger partial charge in [0.2, 0.25) is 0 Å². The van der Waals surface area contributed by atoms with Gasteiger partial charge in [-0.3, -0.25) is 4.79 Å². The summed E-state index contributed by atoms with van der Waals surface area (Å²) in [5.41, 5.74) is 1.51. The molecular weight excluding hydrogens is 427 g/mol. The van der Waals surface area contributed by atoms with Gasteiger partial charge in [-0.05, 0) is 68.3 Å². The number of methoxy groups -OCH3 is 1. The summed E-state index contributed by atoms with van der Waals surface area (Å²) in [5, 5.41) is 0. The van der Waals surface area contributed by atoms with Gasteiger partial charge in [-0.15, -0.1) is 0 Å². The maximum Gasteiger partial charge on any atom is 0.416 e. The molecule has 0 N–H and O–H groups in total. The maximum atomic E-state index is 13.2. The summed E-state index contributed by atoms with van der Waals surface area (Å²) in [6, 6.07) is 14.0. The Morgan fingerprint density at radius 3 is 2.52 bits per heavy atom. The number of likely N-dealkylation sites (tertiary alicyclic amines) is 1. The number of rotatable bonds is 8. The fourth-order valence-electron chi connectivity index (χ4n) is 5.43. The number of piperidine rings is 1. The van der Waals surface area contributed by atoms with Crippen molar-refractivity contribution in [3.8, 4) is 0 Å². The van der Waals surface area contributed by atoms with Gasteiger partial charge in [-0.1, -0.05) is 36.4 Å². The highest BCUT2D eigenvalue weighted by atomic mass is 19.4. The van der Waals surface area contributed by atoms with Crippen LogP contribution in [0.5, 0.6) is 0 Å². The molecule has 2 aromatic carbocycles. The van der Waals surface area contributed by atoms with Crippen molar-refractivity contribution in [2.24, 2.45) is 0 Å². The topological polar surface area (TPSA) is 29.5 Å². The van der Waals surface area contributed by atoms with Crippen molar-refractivity contribution in [2.45, 2.75) is 62.1 Å². The zero-order valence-corrected chi connectivity index (χ0v) is 19.3. The molecule has 0 bridgehead atoms. The Morgan fingerprint density at radius 2 is 1.88 bits per heavy atom. The number of carbonyl (C=O) groups is 1. The minimum atomic E-state index is -4.39. The first-order chi connectivity index (χ1) is 15.7. The zero-order valence-electron chi connectivity index (χ0n) is 19.3. The summed E-state index contributed by atoms with van der Waals surface area (Å²) in [4.78, 5) is 15.4. The number of hydrogen-bond acceptors (Lipinski definition) is 3. The summed E-state index contributed by atoms with van der Waals surface area (Å²) in [6.07, 6.45) is 0.164. The van der Waals surface area contributed by atoms with Gasteiger partial charge in [0.05, 0.1) is 11.7 Å². The minimum absolute atomic E-state index is 0.0544. The lowest BCUT2D eigenvalue weighted by Gasteiger charge is -2.45. The number of nitrogens with zero attached hydrogens (tertiary/aromatic N) is 1. The molecule has 178 valence electrons. The second kappa shape index (κ2) is 9.59. The SMILES string of the molecule is COC1CN(C)CC(CCCC(=O)c2ccc(C(F)(F)F)cc2C2CC2)(c2ccccc2)C1. The normalized spacial score (nSPS) is 24.1. The van der Waals surface area contributed by atoms with E-state index in [0.29, 0.717) is 24.0 Å². The van der Waals surface area contributed by atoms with E-state index in [1.165, 1.54) is 17.7 Å². The summed E-state index contributed by atoms with van der Waals surface area (Å²) in [5.74, 6) is 0.0256. The molecule has 2 aliphatic rings. The second-order valence-corrected chi connectivity index (χ2v) is 9.76. The van der Waals surface area contributed by atoms with Gasteiger partial charge in [-0.2, -0.15) is 13.2 Å². The van der Waals surface area contributed by atoms with Gasteiger partial charge >= 0.3 is 6.18 Å². The Bertz CT molecular complexity index is 971. The first-order valence-corrected chi connectivity index (χ1v) is 11.7. The van der Waals surface area contributed by atoms with E-state index in [1.807, 2.05) is 18.2 Å². The molecule has 3 nitrogen and oxygen atoms in total. The molecule has 2 fully saturated rings.